The van der Waals surface area contributed by atoms with Crippen LogP contribution in [0, 0.1) is 11.3 Å². The highest BCUT2D eigenvalue weighted by Gasteiger charge is 2.11. The molecule has 0 aliphatic carbocycles. The van der Waals surface area contributed by atoms with Gasteiger partial charge in [0.2, 0.25) is 0 Å². The standard InChI is InChI=1S/C22H21N5/c1-3-15-8-9-20-19(13-15)22(25-18-7-5-6-16(12-18)14-24)27-21(26-20)17(4-2)10-11-23/h4-13H,3,23H2,1-2H3,(H,25,26,27)/b11-10-,17-4+. The Labute approximate surface area is 158 Å². The quantitative estimate of drug-likeness (QED) is 0.649. The predicted molar refractivity (Wildman–Crippen MR) is 110 cm³/mol. The zero-order valence-corrected chi connectivity index (χ0v) is 15.4. The van der Waals surface area contributed by atoms with E-state index in [9.17, 15) is 0 Å². The molecule has 0 fully saturated rings. The lowest BCUT2D eigenvalue weighted by atomic mass is 10.1. The van der Waals surface area contributed by atoms with E-state index in [0.29, 0.717) is 17.2 Å². The van der Waals surface area contributed by atoms with E-state index in [1.807, 2.05) is 31.2 Å². The highest BCUT2D eigenvalue weighted by molar-refractivity contribution is 5.92. The third-order valence-electron chi connectivity index (χ3n) is 4.27. The monoisotopic (exact) mass is 355 g/mol. The minimum absolute atomic E-state index is 0.591. The zero-order chi connectivity index (χ0) is 19.2. The number of allylic oxidation sites excluding steroid dienone is 3. The van der Waals surface area contributed by atoms with Gasteiger partial charge >= 0.3 is 0 Å². The molecule has 3 aromatic rings. The molecule has 3 N–H and O–H groups in total. The Morgan fingerprint density at radius 2 is 2.07 bits per heavy atom. The number of hydrogen-bond donors (Lipinski definition) is 2. The lowest BCUT2D eigenvalue weighted by Crippen LogP contribution is -2.02. The van der Waals surface area contributed by atoms with E-state index in [1.165, 1.54) is 11.8 Å². The normalized spacial score (nSPS) is 11.7. The smallest absolute Gasteiger partial charge is 0.161 e. The van der Waals surface area contributed by atoms with Crippen molar-refractivity contribution in [2.45, 2.75) is 20.3 Å². The molecule has 1 aromatic heterocycles. The second-order valence-electron chi connectivity index (χ2n) is 6.02. The van der Waals surface area contributed by atoms with E-state index in [-0.39, 0.29) is 0 Å². The SMILES string of the molecule is C/C=C(\C=C/N)c1nc(Nc2cccc(C#N)c2)c2cc(CC)ccc2n1. The minimum Gasteiger partial charge on any atom is -0.405 e. The summed E-state index contributed by atoms with van der Waals surface area (Å²) in [6.45, 7) is 4.04. The molecule has 3 rings (SSSR count). The summed E-state index contributed by atoms with van der Waals surface area (Å²) in [5.74, 6) is 1.29. The van der Waals surface area contributed by atoms with E-state index < -0.39 is 0 Å². The highest BCUT2D eigenvalue weighted by atomic mass is 15.0. The van der Waals surface area contributed by atoms with Crippen LogP contribution in [0.3, 0.4) is 0 Å². The second-order valence-corrected chi connectivity index (χ2v) is 6.02. The second kappa shape index (κ2) is 8.15. The van der Waals surface area contributed by atoms with E-state index in [0.717, 1.165) is 28.6 Å². The molecule has 0 atom stereocenters. The number of hydrogen-bond acceptors (Lipinski definition) is 5. The largest absolute Gasteiger partial charge is 0.405 e. The first-order valence-electron chi connectivity index (χ1n) is 8.81. The van der Waals surface area contributed by atoms with Crippen molar-refractivity contribution < 1.29 is 0 Å². The number of nitriles is 1. The molecule has 0 aliphatic heterocycles. The number of rotatable bonds is 5. The summed E-state index contributed by atoms with van der Waals surface area (Å²) in [4.78, 5) is 9.43. The van der Waals surface area contributed by atoms with Crippen LogP contribution >= 0.6 is 0 Å². The Balaban J connectivity index is 2.18. The van der Waals surface area contributed by atoms with Crippen LogP contribution in [0.4, 0.5) is 11.5 Å². The van der Waals surface area contributed by atoms with Crippen LogP contribution in [0.1, 0.15) is 30.8 Å². The van der Waals surface area contributed by atoms with Gasteiger partial charge in [-0.2, -0.15) is 5.26 Å². The summed E-state index contributed by atoms with van der Waals surface area (Å²) in [6, 6.07) is 15.7. The van der Waals surface area contributed by atoms with Gasteiger partial charge in [0.1, 0.15) is 5.82 Å². The van der Waals surface area contributed by atoms with Crippen molar-refractivity contribution in [3.8, 4) is 6.07 Å². The highest BCUT2D eigenvalue weighted by Crippen LogP contribution is 2.27. The Morgan fingerprint density at radius 3 is 2.78 bits per heavy atom. The van der Waals surface area contributed by atoms with Gasteiger partial charge in [-0.15, -0.1) is 0 Å². The maximum Gasteiger partial charge on any atom is 0.161 e. The molecule has 5 nitrogen and oxygen atoms in total. The summed E-state index contributed by atoms with van der Waals surface area (Å²) in [5.41, 5.74) is 9.86. The fourth-order valence-corrected chi connectivity index (χ4v) is 2.83. The van der Waals surface area contributed by atoms with Gasteiger partial charge in [-0.3, -0.25) is 0 Å². The molecule has 0 radical (unpaired) electrons. The third kappa shape index (κ3) is 3.96. The zero-order valence-electron chi connectivity index (χ0n) is 15.4. The lowest BCUT2D eigenvalue weighted by Gasteiger charge is -2.12. The van der Waals surface area contributed by atoms with E-state index in [1.54, 1.807) is 18.2 Å². The Morgan fingerprint density at radius 1 is 1.22 bits per heavy atom. The number of aromatic nitrogens is 2. The molecule has 0 unspecified atom stereocenters. The van der Waals surface area contributed by atoms with Crippen molar-refractivity contribution in [2.24, 2.45) is 5.73 Å². The molecule has 0 saturated carbocycles. The number of benzene rings is 2. The lowest BCUT2D eigenvalue weighted by molar-refractivity contribution is 1.13. The van der Waals surface area contributed by atoms with Crippen LogP contribution in [0.2, 0.25) is 0 Å². The first-order chi connectivity index (χ1) is 13.2. The number of fused-ring (bicyclic) bond motifs is 1. The van der Waals surface area contributed by atoms with Crippen molar-refractivity contribution in [3.05, 3.63) is 77.8 Å². The van der Waals surface area contributed by atoms with Crippen LogP contribution in [-0.2, 0) is 6.42 Å². The van der Waals surface area contributed by atoms with Crippen molar-refractivity contribution in [1.29, 1.82) is 5.26 Å². The maximum atomic E-state index is 9.15. The minimum atomic E-state index is 0.591. The first-order valence-corrected chi connectivity index (χ1v) is 8.81. The summed E-state index contributed by atoms with van der Waals surface area (Å²) < 4.78 is 0. The van der Waals surface area contributed by atoms with Crippen molar-refractivity contribution in [3.63, 3.8) is 0 Å². The topological polar surface area (TPSA) is 87.6 Å². The molecule has 27 heavy (non-hydrogen) atoms. The fraction of sp³-hybridized carbons (Fsp3) is 0.136. The third-order valence-corrected chi connectivity index (χ3v) is 4.27. The average Bonchev–Trinajstić information content (AvgIpc) is 2.71. The Kier molecular flexibility index (Phi) is 5.48. The Bertz CT molecular complexity index is 1070. The molecule has 1 heterocycles. The van der Waals surface area contributed by atoms with E-state index >= 15 is 0 Å². The van der Waals surface area contributed by atoms with Crippen molar-refractivity contribution >= 4 is 28.0 Å². The molecule has 0 bridgehead atoms. The van der Waals surface area contributed by atoms with Crippen LogP contribution in [0.25, 0.3) is 16.5 Å². The molecule has 0 spiro atoms. The van der Waals surface area contributed by atoms with Crippen LogP contribution in [0.5, 0.6) is 0 Å². The summed E-state index contributed by atoms with van der Waals surface area (Å²) in [5, 5.41) is 13.4. The first kappa shape index (κ1) is 18.2. The molecule has 2 aromatic carbocycles. The number of anilines is 2. The number of nitrogens with one attached hydrogen (secondary N) is 1. The molecular weight excluding hydrogens is 334 g/mol. The molecule has 0 saturated heterocycles. The van der Waals surface area contributed by atoms with Crippen molar-refractivity contribution in [1.82, 2.24) is 9.97 Å². The average molecular weight is 355 g/mol. The molecule has 0 amide bonds. The van der Waals surface area contributed by atoms with Gasteiger partial charge in [0.25, 0.3) is 0 Å². The van der Waals surface area contributed by atoms with Gasteiger partial charge in [0, 0.05) is 16.6 Å². The molecule has 0 aliphatic rings. The predicted octanol–water partition coefficient (Wildman–Crippen LogP) is 4.68. The number of nitrogens with two attached hydrogens (primary N) is 1. The Hall–Kier alpha value is -3.65. The molecule has 5 heteroatoms. The van der Waals surface area contributed by atoms with Gasteiger partial charge in [-0.1, -0.05) is 25.1 Å². The van der Waals surface area contributed by atoms with Gasteiger partial charge in [0.15, 0.2) is 5.82 Å². The van der Waals surface area contributed by atoms with Gasteiger partial charge < -0.3 is 11.1 Å². The number of aryl methyl sites for hydroxylation is 1. The van der Waals surface area contributed by atoms with Crippen LogP contribution in [-0.4, -0.2) is 9.97 Å². The van der Waals surface area contributed by atoms with Gasteiger partial charge in [-0.25, -0.2) is 9.97 Å². The fourth-order valence-electron chi connectivity index (χ4n) is 2.83. The summed E-state index contributed by atoms with van der Waals surface area (Å²) in [7, 11) is 0. The van der Waals surface area contributed by atoms with Gasteiger partial charge in [0.05, 0.1) is 17.1 Å². The van der Waals surface area contributed by atoms with Gasteiger partial charge in [-0.05, 0) is 61.5 Å². The maximum absolute atomic E-state index is 9.15. The summed E-state index contributed by atoms with van der Waals surface area (Å²) in [6.07, 6.45) is 6.11. The van der Waals surface area contributed by atoms with Crippen LogP contribution in [0.15, 0.2) is 60.8 Å². The molecular formula is C22H21N5. The summed E-state index contributed by atoms with van der Waals surface area (Å²) >= 11 is 0. The van der Waals surface area contributed by atoms with Crippen molar-refractivity contribution in [2.75, 3.05) is 5.32 Å². The van der Waals surface area contributed by atoms with Crippen LogP contribution < -0.4 is 11.1 Å². The molecule has 134 valence electrons. The van der Waals surface area contributed by atoms with E-state index in [2.05, 4.69) is 30.4 Å². The number of nitrogens with zero attached hydrogens (tertiary/aromatic N) is 3. The van der Waals surface area contributed by atoms with E-state index in [4.69, 9.17) is 21.0 Å².